The van der Waals surface area contributed by atoms with Gasteiger partial charge in [0.05, 0.1) is 5.88 Å². The van der Waals surface area contributed by atoms with Gasteiger partial charge < -0.3 is 4.98 Å². The minimum atomic E-state index is -0.0425. The Balaban J connectivity index is 2.64. The summed E-state index contributed by atoms with van der Waals surface area (Å²) in [4.78, 5) is 14.4. The van der Waals surface area contributed by atoms with Gasteiger partial charge in [-0.3, -0.25) is 4.79 Å². The number of carbonyl (C=O) groups excluding carboxylic acids is 1. The maximum Gasteiger partial charge on any atom is 0.179 e. The van der Waals surface area contributed by atoms with Crippen LogP contribution in [0, 0.1) is 0 Å². The molecule has 13 heavy (non-hydrogen) atoms. The average Bonchev–Trinajstić information content (AvgIpc) is 2.60. The van der Waals surface area contributed by atoms with Crippen molar-refractivity contribution >= 4 is 28.3 Å². The van der Waals surface area contributed by atoms with E-state index in [-0.39, 0.29) is 11.7 Å². The van der Waals surface area contributed by atoms with E-state index in [0.29, 0.717) is 5.56 Å². The fourth-order valence-corrected chi connectivity index (χ4v) is 1.52. The number of carbonyl (C=O) groups is 1. The first-order valence-corrected chi connectivity index (χ1v) is 4.51. The van der Waals surface area contributed by atoms with E-state index in [1.54, 1.807) is 6.20 Å². The summed E-state index contributed by atoms with van der Waals surface area (Å²) < 4.78 is 0. The molecule has 0 amide bonds. The Bertz CT molecular complexity index is 447. The zero-order chi connectivity index (χ0) is 9.26. The maximum atomic E-state index is 11.3. The predicted molar refractivity (Wildman–Crippen MR) is 53.3 cm³/mol. The zero-order valence-electron chi connectivity index (χ0n) is 6.88. The van der Waals surface area contributed by atoms with E-state index in [9.17, 15) is 4.79 Å². The smallest absolute Gasteiger partial charge is 0.179 e. The van der Waals surface area contributed by atoms with Crippen LogP contribution >= 0.6 is 11.6 Å². The van der Waals surface area contributed by atoms with Crippen LogP contribution < -0.4 is 0 Å². The maximum absolute atomic E-state index is 11.3. The molecule has 0 saturated carbocycles. The van der Waals surface area contributed by atoms with Crippen molar-refractivity contribution in [3.63, 3.8) is 0 Å². The summed E-state index contributed by atoms with van der Waals surface area (Å²) in [6.07, 6.45) is 1.70. The van der Waals surface area contributed by atoms with E-state index in [1.165, 1.54) is 0 Å². The van der Waals surface area contributed by atoms with E-state index in [1.807, 2.05) is 24.3 Å². The highest BCUT2D eigenvalue weighted by molar-refractivity contribution is 6.31. The number of ketones is 1. The molecule has 0 aliphatic carbocycles. The Kier molecular flexibility index (Phi) is 2.07. The van der Waals surface area contributed by atoms with Gasteiger partial charge in [-0.15, -0.1) is 11.6 Å². The number of aromatic amines is 1. The van der Waals surface area contributed by atoms with E-state index in [0.717, 1.165) is 10.9 Å². The lowest BCUT2D eigenvalue weighted by atomic mass is 10.1. The molecule has 0 aliphatic heterocycles. The third kappa shape index (κ3) is 1.33. The van der Waals surface area contributed by atoms with Gasteiger partial charge in [-0.1, -0.05) is 18.2 Å². The third-order valence-corrected chi connectivity index (χ3v) is 2.25. The highest BCUT2D eigenvalue weighted by Crippen LogP contribution is 2.18. The number of H-pyrrole nitrogens is 1. The lowest BCUT2D eigenvalue weighted by Gasteiger charge is -1.92. The van der Waals surface area contributed by atoms with Crippen molar-refractivity contribution in [1.29, 1.82) is 0 Å². The topological polar surface area (TPSA) is 32.9 Å². The number of rotatable bonds is 2. The van der Waals surface area contributed by atoms with Crippen LogP contribution in [-0.2, 0) is 0 Å². The Labute approximate surface area is 80.5 Å². The fraction of sp³-hybridized carbons (Fsp3) is 0.100. The highest BCUT2D eigenvalue weighted by Gasteiger charge is 2.09. The molecule has 0 bridgehead atoms. The lowest BCUT2D eigenvalue weighted by Crippen LogP contribution is -1.98. The van der Waals surface area contributed by atoms with Gasteiger partial charge in [0.25, 0.3) is 0 Å². The first-order valence-electron chi connectivity index (χ1n) is 3.98. The largest absolute Gasteiger partial charge is 0.360 e. The first-order chi connectivity index (χ1) is 6.33. The van der Waals surface area contributed by atoms with Crippen molar-refractivity contribution in [3.8, 4) is 0 Å². The van der Waals surface area contributed by atoms with E-state index >= 15 is 0 Å². The average molecular weight is 194 g/mol. The van der Waals surface area contributed by atoms with Crippen molar-refractivity contribution < 1.29 is 4.79 Å². The van der Waals surface area contributed by atoms with Crippen molar-refractivity contribution in [3.05, 3.63) is 36.0 Å². The van der Waals surface area contributed by atoms with Crippen molar-refractivity contribution in [2.45, 2.75) is 0 Å². The Morgan fingerprint density at radius 3 is 2.92 bits per heavy atom. The number of aromatic nitrogens is 1. The normalized spacial score (nSPS) is 10.5. The minimum absolute atomic E-state index is 0.0296. The van der Waals surface area contributed by atoms with E-state index in [4.69, 9.17) is 11.6 Å². The van der Waals surface area contributed by atoms with Crippen LogP contribution in [0.4, 0.5) is 0 Å². The molecule has 3 heteroatoms. The number of nitrogens with one attached hydrogen (secondary N) is 1. The first kappa shape index (κ1) is 8.32. The molecule has 2 nitrogen and oxygen atoms in total. The summed E-state index contributed by atoms with van der Waals surface area (Å²) in [6, 6.07) is 7.67. The Hall–Kier alpha value is -1.28. The molecule has 0 fully saturated rings. The minimum Gasteiger partial charge on any atom is -0.360 e. The van der Waals surface area contributed by atoms with Crippen molar-refractivity contribution in [2.24, 2.45) is 0 Å². The molecule has 0 saturated heterocycles. The second-order valence-corrected chi connectivity index (χ2v) is 3.07. The van der Waals surface area contributed by atoms with Gasteiger partial charge >= 0.3 is 0 Å². The van der Waals surface area contributed by atoms with Crippen LogP contribution in [0.5, 0.6) is 0 Å². The van der Waals surface area contributed by atoms with Gasteiger partial charge in [-0.05, 0) is 6.07 Å². The quantitative estimate of drug-likeness (QED) is 0.577. The number of halogens is 1. The lowest BCUT2D eigenvalue weighted by molar-refractivity contribution is 0.102. The second-order valence-electron chi connectivity index (χ2n) is 2.80. The van der Waals surface area contributed by atoms with Gasteiger partial charge in [-0.25, -0.2) is 0 Å². The Morgan fingerprint density at radius 2 is 2.15 bits per heavy atom. The van der Waals surface area contributed by atoms with Crippen LogP contribution in [0.15, 0.2) is 30.5 Å². The van der Waals surface area contributed by atoms with Gasteiger partial charge in [0.1, 0.15) is 0 Å². The molecule has 1 aromatic heterocycles. The highest BCUT2D eigenvalue weighted by atomic mass is 35.5. The monoisotopic (exact) mass is 193 g/mol. The molecule has 2 rings (SSSR count). The molecule has 0 spiro atoms. The molecule has 0 unspecified atom stereocenters. The number of para-hydroxylation sites is 1. The van der Waals surface area contributed by atoms with Gasteiger partial charge in [0.2, 0.25) is 0 Å². The number of hydrogen-bond acceptors (Lipinski definition) is 1. The second kappa shape index (κ2) is 3.23. The Morgan fingerprint density at radius 1 is 1.38 bits per heavy atom. The van der Waals surface area contributed by atoms with Crippen LogP contribution in [-0.4, -0.2) is 16.6 Å². The summed E-state index contributed by atoms with van der Waals surface area (Å²) in [6.45, 7) is 0. The predicted octanol–water partition coefficient (Wildman–Crippen LogP) is 2.59. The molecule has 0 atom stereocenters. The van der Waals surface area contributed by atoms with Crippen molar-refractivity contribution in [2.75, 3.05) is 5.88 Å². The zero-order valence-corrected chi connectivity index (χ0v) is 7.64. The van der Waals surface area contributed by atoms with Crippen LogP contribution in [0.25, 0.3) is 10.9 Å². The number of benzene rings is 1. The third-order valence-electron chi connectivity index (χ3n) is 2.01. The number of hydrogen-bond donors (Lipinski definition) is 1. The molecule has 0 radical (unpaired) electrons. The standard InChI is InChI=1S/C10H8ClNO/c11-5-10(13)8-6-12-9-4-2-1-3-7(8)9/h1-4,6,12H,5H2. The molecule has 2 aromatic rings. The summed E-state index contributed by atoms with van der Waals surface area (Å²) in [7, 11) is 0. The fourth-order valence-electron chi connectivity index (χ4n) is 1.37. The molecular weight excluding hydrogens is 186 g/mol. The van der Waals surface area contributed by atoms with Gasteiger partial charge in [0.15, 0.2) is 5.78 Å². The number of alkyl halides is 1. The summed E-state index contributed by atoms with van der Waals surface area (Å²) in [5.41, 5.74) is 1.64. The van der Waals surface area contributed by atoms with Gasteiger partial charge in [0, 0.05) is 22.7 Å². The molecule has 1 aromatic carbocycles. The molecule has 0 aliphatic rings. The van der Waals surface area contributed by atoms with E-state index < -0.39 is 0 Å². The SMILES string of the molecule is O=C(CCl)c1c[nH]c2ccccc12. The molecule has 1 heterocycles. The molecule has 1 N–H and O–H groups in total. The molecular formula is C10H8ClNO. The van der Waals surface area contributed by atoms with E-state index in [2.05, 4.69) is 4.98 Å². The number of Topliss-reactive ketones (excluding diaryl/α,β-unsaturated/α-hetero) is 1. The summed E-state index contributed by atoms with van der Waals surface area (Å²) >= 11 is 5.48. The summed E-state index contributed by atoms with van der Waals surface area (Å²) in [5.74, 6) is -0.0129. The number of fused-ring (bicyclic) bond motifs is 1. The molecule has 66 valence electrons. The van der Waals surface area contributed by atoms with Crippen LogP contribution in [0.3, 0.4) is 0 Å². The van der Waals surface area contributed by atoms with Crippen LogP contribution in [0.1, 0.15) is 10.4 Å². The van der Waals surface area contributed by atoms with Crippen LogP contribution in [0.2, 0.25) is 0 Å². The van der Waals surface area contributed by atoms with Gasteiger partial charge in [-0.2, -0.15) is 0 Å². The van der Waals surface area contributed by atoms with Crippen molar-refractivity contribution in [1.82, 2.24) is 4.98 Å². The summed E-state index contributed by atoms with van der Waals surface area (Å²) in [5, 5.41) is 0.938.